The lowest BCUT2D eigenvalue weighted by atomic mass is 10.1. The first-order valence-corrected chi connectivity index (χ1v) is 5.44. The first-order valence-electron chi connectivity index (χ1n) is 5.44. The van der Waals surface area contributed by atoms with Crippen molar-refractivity contribution >= 4 is 5.97 Å². The van der Waals surface area contributed by atoms with Crippen LogP contribution in [0.1, 0.15) is 36.2 Å². The number of carboxylic acids is 1. The summed E-state index contributed by atoms with van der Waals surface area (Å²) >= 11 is 0. The first kappa shape index (κ1) is 10.2. The van der Waals surface area contributed by atoms with Crippen molar-refractivity contribution in [2.45, 2.75) is 38.5 Å². The normalized spacial score (nSPS) is 15.8. The summed E-state index contributed by atoms with van der Waals surface area (Å²) in [6.45, 7) is 0. The van der Waals surface area contributed by atoms with Gasteiger partial charge in [0.05, 0.1) is 17.8 Å². The van der Waals surface area contributed by atoms with E-state index >= 15 is 0 Å². The fraction of sp³-hybridized carbons (Fsp3) is 0.636. The van der Waals surface area contributed by atoms with E-state index in [-0.39, 0.29) is 6.42 Å². The summed E-state index contributed by atoms with van der Waals surface area (Å²) < 4.78 is 1.74. The number of aromatic nitrogens is 2. The summed E-state index contributed by atoms with van der Waals surface area (Å²) in [6, 6.07) is 0. The predicted octanol–water partition coefficient (Wildman–Crippen LogP) is 1.32. The second-order valence-electron chi connectivity index (χ2n) is 4.13. The maximum Gasteiger partial charge on any atom is 0.309 e. The zero-order valence-corrected chi connectivity index (χ0v) is 8.99. The fourth-order valence-electron chi connectivity index (χ4n) is 2.29. The van der Waals surface area contributed by atoms with Gasteiger partial charge in [-0.2, -0.15) is 5.10 Å². The smallest absolute Gasteiger partial charge is 0.309 e. The Kier molecular flexibility index (Phi) is 2.75. The molecule has 0 amide bonds. The van der Waals surface area contributed by atoms with Crippen molar-refractivity contribution in [1.29, 1.82) is 0 Å². The number of carboxylic acid groups (broad SMARTS) is 1. The molecule has 0 aliphatic heterocycles. The summed E-state index contributed by atoms with van der Waals surface area (Å²) in [4.78, 5) is 10.7. The van der Waals surface area contributed by atoms with Gasteiger partial charge in [-0.05, 0) is 31.2 Å². The molecule has 0 atom stereocenters. The Labute approximate surface area is 88.9 Å². The second-order valence-corrected chi connectivity index (χ2v) is 4.13. The van der Waals surface area contributed by atoms with Crippen molar-refractivity contribution < 1.29 is 9.90 Å². The number of rotatable bonds is 2. The molecule has 82 valence electrons. The van der Waals surface area contributed by atoms with Crippen molar-refractivity contribution in [3.8, 4) is 0 Å². The van der Waals surface area contributed by atoms with Crippen LogP contribution < -0.4 is 0 Å². The second kappa shape index (κ2) is 4.04. The zero-order valence-electron chi connectivity index (χ0n) is 8.99. The summed E-state index contributed by atoms with van der Waals surface area (Å²) in [5.41, 5.74) is 3.20. The van der Waals surface area contributed by atoms with Gasteiger partial charge in [0.1, 0.15) is 0 Å². The summed E-state index contributed by atoms with van der Waals surface area (Å²) in [7, 11) is 1.84. The number of aliphatic carboxylic acids is 1. The minimum absolute atomic E-state index is 0.0961. The third kappa shape index (κ3) is 2.03. The van der Waals surface area contributed by atoms with Gasteiger partial charge in [-0.25, -0.2) is 0 Å². The van der Waals surface area contributed by atoms with E-state index in [9.17, 15) is 4.79 Å². The van der Waals surface area contributed by atoms with Crippen LogP contribution >= 0.6 is 0 Å². The molecule has 1 N–H and O–H groups in total. The van der Waals surface area contributed by atoms with Crippen LogP contribution in [0.15, 0.2) is 0 Å². The van der Waals surface area contributed by atoms with Crippen molar-refractivity contribution in [3.63, 3.8) is 0 Å². The molecule has 1 heterocycles. The molecule has 4 nitrogen and oxygen atoms in total. The van der Waals surface area contributed by atoms with Gasteiger partial charge in [0.15, 0.2) is 0 Å². The molecule has 1 aliphatic carbocycles. The van der Waals surface area contributed by atoms with E-state index in [0.29, 0.717) is 0 Å². The molecule has 0 saturated carbocycles. The predicted molar refractivity (Wildman–Crippen MR) is 55.8 cm³/mol. The molecule has 0 spiro atoms. The summed E-state index contributed by atoms with van der Waals surface area (Å²) in [5.74, 6) is -0.773. The zero-order chi connectivity index (χ0) is 10.8. The number of carbonyl (C=O) groups is 1. The topological polar surface area (TPSA) is 55.1 Å². The van der Waals surface area contributed by atoms with Crippen LogP contribution in [0.2, 0.25) is 0 Å². The van der Waals surface area contributed by atoms with Crippen LogP contribution in [0.3, 0.4) is 0 Å². The number of aryl methyl sites for hydroxylation is 2. The van der Waals surface area contributed by atoms with E-state index < -0.39 is 5.97 Å². The molecule has 0 radical (unpaired) electrons. The Morgan fingerprint density at radius 1 is 1.40 bits per heavy atom. The fourth-order valence-corrected chi connectivity index (χ4v) is 2.29. The molecule has 0 bridgehead atoms. The number of hydrogen-bond donors (Lipinski definition) is 1. The van der Waals surface area contributed by atoms with Gasteiger partial charge in [0.2, 0.25) is 0 Å². The molecule has 1 aliphatic rings. The van der Waals surface area contributed by atoms with Crippen molar-refractivity contribution in [1.82, 2.24) is 9.78 Å². The van der Waals surface area contributed by atoms with Crippen LogP contribution in [-0.4, -0.2) is 20.9 Å². The van der Waals surface area contributed by atoms with Crippen molar-refractivity contribution in [2.75, 3.05) is 0 Å². The lowest BCUT2D eigenvalue weighted by Crippen LogP contribution is -2.08. The highest BCUT2D eigenvalue weighted by molar-refractivity contribution is 5.70. The van der Waals surface area contributed by atoms with Gasteiger partial charge in [-0.1, -0.05) is 6.42 Å². The van der Waals surface area contributed by atoms with E-state index in [1.807, 2.05) is 7.05 Å². The first-order chi connectivity index (χ1) is 7.18. The molecule has 4 heteroatoms. The average molecular weight is 208 g/mol. The highest BCUT2D eigenvalue weighted by Crippen LogP contribution is 2.23. The molecular weight excluding hydrogens is 192 g/mol. The minimum atomic E-state index is -0.773. The quantitative estimate of drug-likeness (QED) is 0.746. The summed E-state index contributed by atoms with van der Waals surface area (Å²) in [5, 5.41) is 13.3. The lowest BCUT2D eigenvalue weighted by molar-refractivity contribution is -0.136. The monoisotopic (exact) mass is 208 g/mol. The van der Waals surface area contributed by atoms with Crippen LogP contribution in [0, 0.1) is 0 Å². The van der Waals surface area contributed by atoms with Crippen molar-refractivity contribution in [2.24, 2.45) is 7.05 Å². The molecule has 1 aromatic rings. The Morgan fingerprint density at radius 3 is 2.87 bits per heavy atom. The van der Waals surface area contributed by atoms with E-state index in [0.717, 1.165) is 30.7 Å². The highest BCUT2D eigenvalue weighted by atomic mass is 16.4. The van der Waals surface area contributed by atoms with Crippen LogP contribution in [0.5, 0.6) is 0 Å². The van der Waals surface area contributed by atoms with E-state index in [1.54, 1.807) is 4.68 Å². The number of fused-ring (bicyclic) bond motifs is 1. The van der Waals surface area contributed by atoms with Crippen LogP contribution in [-0.2, 0) is 31.1 Å². The molecular formula is C11H16N2O2. The number of hydrogen-bond acceptors (Lipinski definition) is 2. The maximum absolute atomic E-state index is 10.7. The standard InChI is InChI=1S/C11H16N2O2/c1-13-10(7-11(14)15)8-5-3-2-4-6-9(8)12-13/h2-7H2,1H3,(H,14,15). The molecule has 1 aromatic heterocycles. The van der Waals surface area contributed by atoms with Gasteiger partial charge in [-0.3, -0.25) is 9.48 Å². The Bertz CT molecular complexity index is 382. The van der Waals surface area contributed by atoms with Gasteiger partial charge >= 0.3 is 5.97 Å². The van der Waals surface area contributed by atoms with Crippen LogP contribution in [0.25, 0.3) is 0 Å². The van der Waals surface area contributed by atoms with Crippen LogP contribution in [0.4, 0.5) is 0 Å². The third-order valence-corrected chi connectivity index (χ3v) is 3.02. The minimum Gasteiger partial charge on any atom is -0.481 e. The van der Waals surface area contributed by atoms with E-state index in [2.05, 4.69) is 5.10 Å². The Hall–Kier alpha value is -1.32. The lowest BCUT2D eigenvalue weighted by Gasteiger charge is -2.02. The molecule has 0 unspecified atom stereocenters. The van der Waals surface area contributed by atoms with E-state index in [1.165, 1.54) is 18.4 Å². The van der Waals surface area contributed by atoms with Gasteiger partial charge in [0, 0.05) is 7.05 Å². The number of nitrogens with zero attached hydrogens (tertiary/aromatic N) is 2. The third-order valence-electron chi connectivity index (χ3n) is 3.02. The van der Waals surface area contributed by atoms with E-state index in [4.69, 9.17) is 5.11 Å². The largest absolute Gasteiger partial charge is 0.481 e. The van der Waals surface area contributed by atoms with Gasteiger partial charge in [-0.15, -0.1) is 0 Å². The molecule has 15 heavy (non-hydrogen) atoms. The molecule has 2 rings (SSSR count). The molecule has 0 aromatic carbocycles. The SMILES string of the molecule is Cn1nc2c(c1CC(=O)O)CCCCC2. The molecule has 0 saturated heterocycles. The Morgan fingerprint density at radius 2 is 2.13 bits per heavy atom. The average Bonchev–Trinajstić information content (AvgIpc) is 2.39. The Balaban J connectivity index is 2.35. The highest BCUT2D eigenvalue weighted by Gasteiger charge is 2.19. The van der Waals surface area contributed by atoms with Gasteiger partial charge in [0.25, 0.3) is 0 Å². The van der Waals surface area contributed by atoms with Crippen molar-refractivity contribution in [3.05, 3.63) is 17.0 Å². The van der Waals surface area contributed by atoms with Gasteiger partial charge < -0.3 is 5.11 Å². The maximum atomic E-state index is 10.7. The summed E-state index contributed by atoms with van der Waals surface area (Å²) in [6.07, 6.45) is 5.65. The molecule has 0 fully saturated rings.